The molecule has 0 radical (unpaired) electrons. The van der Waals surface area contributed by atoms with Gasteiger partial charge in [-0.2, -0.15) is 0 Å². The van der Waals surface area contributed by atoms with Crippen LogP contribution in [0.2, 0.25) is 0 Å². The number of anilines is 1. The number of carbonyl (C=O) groups excluding carboxylic acids is 3. The molecule has 1 aliphatic carbocycles. The Hall–Kier alpha value is -2.77. The van der Waals surface area contributed by atoms with Crippen LogP contribution in [-0.4, -0.2) is 44.7 Å². The smallest absolute Gasteiger partial charge is 0.340 e. The molecule has 0 bridgehead atoms. The van der Waals surface area contributed by atoms with Gasteiger partial charge in [0.15, 0.2) is 18.1 Å². The van der Waals surface area contributed by atoms with Crippen molar-refractivity contribution in [2.24, 2.45) is 5.92 Å². The van der Waals surface area contributed by atoms with Gasteiger partial charge in [0.25, 0.3) is 5.91 Å². The van der Waals surface area contributed by atoms with E-state index in [4.69, 9.17) is 14.2 Å². The largest absolute Gasteiger partial charge is 0.493 e. The summed E-state index contributed by atoms with van der Waals surface area (Å²) in [4.78, 5) is 37.6. The van der Waals surface area contributed by atoms with Gasteiger partial charge in [-0.05, 0) is 26.2 Å². The van der Waals surface area contributed by atoms with Crippen molar-refractivity contribution < 1.29 is 28.6 Å². The van der Waals surface area contributed by atoms with Crippen LogP contribution in [0.5, 0.6) is 11.5 Å². The van der Waals surface area contributed by atoms with Crippen molar-refractivity contribution in [1.82, 2.24) is 5.32 Å². The fourth-order valence-electron chi connectivity index (χ4n) is 3.78. The Morgan fingerprint density at radius 1 is 1.06 bits per heavy atom. The van der Waals surface area contributed by atoms with Gasteiger partial charge in [0.2, 0.25) is 5.91 Å². The maximum atomic E-state index is 12.8. The lowest BCUT2D eigenvalue weighted by molar-refractivity contribution is -0.125. The summed E-state index contributed by atoms with van der Waals surface area (Å²) in [6, 6.07) is 3.00. The number of esters is 1. The highest BCUT2D eigenvalue weighted by Crippen LogP contribution is 2.34. The summed E-state index contributed by atoms with van der Waals surface area (Å²) >= 11 is 0. The molecule has 8 heteroatoms. The first-order valence-corrected chi connectivity index (χ1v) is 10.9. The molecular weight excluding hydrogens is 400 g/mol. The summed E-state index contributed by atoms with van der Waals surface area (Å²) < 4.78 is 15.8. The van der Waals surface area contributed by atoms with Crippen molar-refractivity contribution in [3.05, 3.63) is 17.7 Å². The van der Waals surface area contributed by atoms with Crippen LogP contribution < -0.4 is 20.1 Å². The Kier molecular flexibility index (Phi) is 9.62. The number of hydrogen-bond donors (Lipinski definition) is 2. The van der Waals surface area contributed by atoms with Gasteiger partial charge in [-0.25, -0.2) is 4.79 Å². The maximum Gasteiger partial charge on any atom is 0.340 e. The third-order valence-electron chi connectivity index (χ3n) is 5.44. The predicted molar refractivity (Wildman–Crippen MR) is 118 cm³/mol. The minimum atomic E-state index is -0.724. The summed E-state index contributed by atoms with van der Waals surface area (Å²) in [5.74, 6) is -0.611. The molecule has 1 fully saturated rings. The number of rotatable bonds is 10. The fourth-order valence-corrected chi connectivity index (χ4v) is 3.78. The van der Waals surface area contributed by atoms with Crippen LogP contribution in [0.4, 0.5) is 5.69 Å². The third kappa shape index (κ3) is 7.15. The minimum absolute atomic E-state index is 0.00243. The molecule has 0 aliphatic heterocycles. The van der Waals surface area contributed by atoms with Crippen LogP contribution >= 0.6 is 0 Å². The van der Waals surface area contributed by atoms with Gasteiger partial charge in [0.1, 0.15) is 0 Å². The van der Waals surface area contributed by atoms with E-state index in [2.05, 4.69) is 10.6 Å². The van der Waals surface area contributed by atoms with Crippen LogP contribution in [0.15, 0.2) is 12.1 Å². The van der Waals surface area contributed by atoms with Crippen molar-refractivity contribution >= 4 is 23.5 Å². The second-order valence-corrected chi connectivity index (χ2v) is 7.91. The van der Waals surface area contributed by atoms with Gasteiger partial charge >= 0.3 is 5.97 Å². The summed E-state index contributed by atoms with van der Waals surface area (Å²) in [6.07, 6.45) is 6.61. The molecule has 1 aromatic rings. The van der Waals surface area contributed by atoms with E-state index in [9.17, 15) is 14.4 Å². The summed E-state index contributed by atoms with van der Waals surface area (Å²) in [6.45, 7) is 3.52. The molecule has 2 rings (SSSR count). The van der Waals surface area contributed by atoms with Crippen LogP contribution in [0.25, 0.3) is 0 Å². The van der Waals surface area contributed by atoms with Gasteiger partial charge in [-0.3, -0.25) is 9.59 Å². The molecule has 0 heterocycles. The molecule has 1 atom stereocenters. The highest BCUT2D eigenvalue weighted by molar-refractivity contribution is 6.03. The highest BCUT2D eigenvalue weighted by atomic mass is 16.5. The standard InChI is InChI=1S/C23H34N2O6/c1-5-9-15(2)24-21(26)14-31-23(28)17-12-19(29-3)20(30-4)13-18(17)25-22(27)16-10-7-6-8-11-16/h12-13,15-16H,5-11,14H2,1-4H3,(H,24,26)(H,25,27). The first-order valence-electron chi connectivity index (χ1n) is 10.9. The van der Waals surface area contributed by atoms with E-state index >= 15 is 0 Å². The Morgan fingerprint density at radius 2 is 1.71 bits per heavy atom. The van der Waals surface area contributed by atoms with Gasteiger partial charge in [0, 0.05) is 24.1 Å². The zero-order valence-corrected chi connectivity index (χ0v) is 18.9. The quantitative estimate of drug-likeness (QED) is 0.545. The molecule has 1 unspecified atom stereocenters. The number of methoxy groups -OCH3 is 2. The average molecular weight is 435 g/mol. The van der Waals surface area contributed by atoms with Gasteiger partial charge in [-0.15, -0.1) is 0 Å². The number of benzene rings is 1. The van der Waals surface area contributed by atoms with Crippen LogP contribution in [0, 0.1) is 5.92 Å². The lowest BCUT2D eigenvalue weighted by atomic mass is 9.88. The molecule has 31 heavy (non-hydrogen) atoms. The molecule has 172 valence electrons. The van der Waals surface area contributed by atoms with Crippen LogP contribution in [0.3, 0.4) is 0 Å². The van der Waals surface area contributed by atoms with Crippen LogP contribution in [-0.2, 0) is 14.3 Å². The first-order chi connectivity index (χ1) is 14.9. The second kappa shape index (κ2) is 12.2. The van der Waals surface area contributed by atoms with E-state index in [1.165, 1.54) is 20.3 Å². The zero-order chi connectivity index (χ0) is 22.8. The lowest BCUT2D eigenvalue weighted by Gasteiger charge is -2.22. The highest BCUT2D eigenvalue weighted by Gasteiger charge is 2.25. The van der Waals surface area contributed by atoms with Gasteiger partial charge in [0.05, 0.1) is 25.5 Å². The molecule has 1 saturated carbocycles. The van der Waals surface area contributed by atoms with E-state index in [-0.39, 0.29) is 35.0 Å². The van der Waals surface area contributed by atoms with E-state index in [0.29, 0.717) is 11.5 Å². The second-order valence-electron chi connectivity index (χ2n) is 7.91. The molecule has 2 N–H and O–H groups in total. The molecule has 0 saturated heterocycles. The Labute approximate surface area is 184 Å². The number of nitrogens with one attached hydrogen (secondary N) is 2. The van der Waals surface area contributed by atoms with Crippen molar-refractivity contribution in [2.75, 3.05) is 26.1 Å². The monoisotopic (exact) mass is 434 g/mol. The number of ether oxygens (including phenoxy) is 3. The SMILES string of the molecule is CCCC(C)NC(=O)COC(=O)c1cc(OC)c(OC)cc1NC(=O)C1CCCCC1. The average Bonchev–Trinajstić information content (AvgIpc) is 2.77. The minimum Gasteiger partial charge on any atom is -0.493 e. The summed E-state index contributed by atoms with van der Waals surface area (Å²) in [5, 5.41) is 5.64. The fraction of sp³-hybridized carbons (Fsp3) is 0.609. The number of amides is 2. The van der Waals surface area contributed by atoms with Crippen molar-refractivity contribution in [3.8, 4) is 11.5 Å². The topological polar surface area (TPSA) is 103 Å². The number of hydrogen-bond acceptors (Lipinski definition) is 6. The van der Waals surface area contributed by atoms with Gasteiger partial charge < -0.3 is 24.8 Å². The van der Waals surface area contributed by atoms with Crippen molar-refractivity contribution in [3.63, 3.8) is 0 Å². The predicted octanol–water partition coefficient (Wildman–Crippen LogP) is 3.68. The molecule has 8 nitrogen and oxygen atoms in total. The molecular formula is C23H34N2O6. The third-order valence-corrected chi connectivity index (χ3v) is 5.44. The molecule has 1 aromatic carbocycles. The van der Waals surface area contributed by atoms with Crippen LogP contribution in [0.1, 0.15) is 69.2 Å². The summed E-state index contributed by atoms with van der Waals surface area (Å²) in [7, 11) is 2.93. The Morgan fingerprint density at radius 3 is 2.32 bits per heavy atom. The van der Waals surface area contributed by atoms with E-state index in [1.54, 1.807) is 6.07 Å². The Bertz CT molecular complexity index is 774. The molecule has 0 aromatic heterocycles. The van der Waals surface area contributed by atoms with Crippen molar-refractivity contribution in [1.29, 1.82) is 0 Å². The maximum absolute atomic E-state index is 12.8. The molecule has 1 aliphatic rings. The van der Waals surface area contributed by atoms with Gasteiger partial charge in [-0.1, -0.05) is 32.6 Å². The zero-order valence-electron chi connectivity index (χ0n) is 18.9. The first kappa shape index (κ1) is 24.5. The van der Waals surface area contributed by atoms with E-state index in [0.717, 1.165) is 44.9 Å². The Balaban J connectivity index is 2.16. The number of carbonyl (C=O) groups is 3. The molecule has 0 spiro atoms. The lowest BCUT2D eigenvalue weighted by Crippen LogP contribution is -2.35. The van der Waals surface area contributed by atoms with E-state index in [1.807, 2.05) is 13.8 Å². The normalized spacial score (nSPS) is 15.0. The molecule has 2 amide bonds. The van der Waals surface area contributed by atoms with E-state index < -0.39 is 12.6 Å². The summed E-state index contributed by atoms with van der Waals surface area (Å²) in [5.41, 5.74) is 0.384. The van der Waals surface area contributed by atoms with Crippen molar-refractivity contribution in [2.45, 2.75) is 64.8 Å².